The molecular formula is C27H27FN6O3. The van der Waals surface area contributed by atoms with Gasteiger partial charge in [0.2, 0.25) is 5.91 Å². The van der Waals surface area contributed by atoms with E-state index in [0.717, 1.165) is 19.4 Å². The predicted molar refractivity (Wildman–Crippen MR) is 134 cm³/mol. The van der Waals surface area contributed by atoms with E-state index >= 15 is 0 Å². The summed E-state index contributed by atoms with van der Waals surface area (Å²) in [5.74, 6) is 0.648. The van der Waals surface area contributed by atoms with Crippen molar-refractivity contribution >= 4 is 23.3 Å². The molecule has 1 N–H and O–H groups in total. The van der Waals surface area contributed by atoms with E-state index in [1.807, 2.05) is 9.80 Å². The summed E-state index contributed by atoms with van der Waals surface area (Å²) in [6.45, 7) is 4.00. The minimum absolute atomic E-state index is 0.0273. The molecule has 3 fully saturated rings. The Morgan fingerprint density at radius 2 is 2.03 bits per heavy atom. The van der Waals surface area contributed by atoms with Crippen LogP contribution in [0, 0.1) is 5.82 Å². The lowest BCUT2D eigenvalue weighted by molar-refractivity contribution is -0.195. The number of pyridine rings is 1. The van der Waals surface area contributed by atoms with Crippen LogP contribution in [-0.2, 0) is 9.53 Å². The average molecular weight is 503 g/mol. The number of carbonyl (C=O) groups excluding carboxylic acids is 2. The molecule has 0 radical (unpaired) electrons. The molecule has 10 heteroatoms. The minimum Gasteiger partial charge on any atom is -0.372 e. The number of likely N-dealkylation sites (tertiary alicyclic amines) is 2. The van der Waals surface area contributed by atoms with Gasteiger partial charge >= 0.3 is 0 Å². The number of morpholine rings is 1. The third-order valence-electron chi connectivity index (χ3n) is 7.30. The molecule has 2 aromatic heterocycles. The fourth-order valence-corrected chi connectivity index (χ4v) is 5.12. The van der Waals surface area contributed by atoms with Crippen LogP contribution in [0.1, 0.15) is 41.9 Å². The van der Waals surface area contributed by atoms with E-state index in [0.29, 0.717) is 53.8 Å². The van der Waals surface area contributed by atoms with Crippen LogP contribution in [0.3, 0.4) is 0 Å². The van der Waals surface area contributed by atoms with E-state index in [1.165, 1.54) is 12.1 Å². The SMILES string of the molecule is CC(=O)N1CCCC(c2nc(Nc3cccc(F)c3)cc(-c3cncc(C(=O)N4CC5OCC54)c3)n2)C1. The van der Waals surface area contributed by atoms with Gasteiger partial charge in [-0.25, -0.2) is 14.4 Å². The first-order valence-electron chi connectivity index (χ1n) is 12.5. The Hall–Kier alpha value is -3.92. The molecule has 1 aromatic carbocycles. The zero-order chi connectivity index (χ0) is 25.5. The minimum atomic E-state index is -0.357. The highest BCUT2D eigenvalue weighted by Gasteiger charge is 2.49. The molecule has 5 heterocycles. The van der Waals surface area contributed by atoms with Gasteiger partial charge in [-0.1, -0.05) is 6.07 Å². The molecular weight excluding hydrogens is 475 g/mol. The lowest BCUT2D eigenvalue weighted by Crippen LogP contribution is -2.71. The van der Waals surface area contributed by atoms with Crippen molar-refractivity contribution in [1.82, 2.24) is 24.8 Å². The predicted octanol–water partition coefficient (Wildman–Crippen LogP) is 3.37. The summed E-state index contributed by atoms with van der Waals surface area (Å²) in [6, 6.07) is 9.87. The Balaban J connectivity index is 1.34. The number of benzene rings is 1. The summed E-state index contributed by atoms with van der Waals surface area (Å²) in [5, 5.41) is 3.18. The number of fused-ring (bicyclic) bond motifs is 1. The van der Waals surface area contributed by atoms with Crippen molar-refractivity contribution in [3.8, 4) is 11.3 Å². The fraction of sp³-hybridized carbons (Fsp3) is 0.370. The van der Waals surface area contributed by atoms with Gasteiger partial charge in [-0.15, -0.1) is 0 Å². The van der Waals surface area contributed by atoms with Gasteiger partial charge in [0.05, 0.1) is 30.0 Å². The lowest BCUT2D eigenvalue weighted by Gasteiger charge is -2.54. The molecule has 3 aliphatic heterocycles. The quantitative estimate of drug-likeness (QED) is 0.571. The number of rotatable bonds is 5. The molecule has 3 unspecified atom stereocenters. The number of amides is 2. The number of anilines is 2. The number of ether oxygens (including phenoxy) is 1. The molecule has 190 valence electrons. The van der Waals surface area contributed by atoms with Crippen LogP contribution < -0.4 is 5.32 Å². The summed E-state index contributed by atoms with van der Waals surface area (Å²) in [7, 11) is 0. The van der Waals surface area contributed by atoms with Crippen LogP contribution in [0.15, 0.2) is 48.8 Å². The third-order valence-corrected chi connectivity index (χ3v) is 7.30. The Bertz CT molecular complexity index is 1370. The zero-order valence-electron chi connectivity index (χ0n) is 20.4. The number of nitrogens with zero attached hydrogens (tertiary/aromatic N) is 5. The second-order valence-electron chi connectivity index (χ2n) is 9.80. The first-order chi connectivity index (χ1) is 17.9. The maximum atomic E-state index is 13.8. The Kier molecular flexibility index (Phi) is 6.03. The monoisotopic (exact) mass is 502 g/mol. The maximum Gasteiger partial charge on any atom is 0.255 e. The van der Waals surface area contributed by atoms with E-state index in [9.17, 15) is 14.0 Å². The van der Waals surface area contributed by atoms with E-state index in [1.54, 1.807) is 43.6 Å². The zero-order valence-corrected chi connectivity index (χ0v) is 20.4. The molecule has 0 aliphatic carbocycles. The van der Waals surface area contributed by atoms with Crippen molar-refractivity contribution in [3.05, 3.63) is 66.0 Å². The van der Waals surface area contributed by atoms with Gasteiger partial charge in [-0.2, -0.15) is 0 Å². The highest BCUT2D eigenvalue weighted by Crippen LogP contribution is 2.33. The number of aromatic nitrogens is 3. The van der Waals surface area contributed by atoms with Crippen molar-refractivity contribution in [1.29, 1.82) is 0 Å². The molecule has 0 spiro atoms. The number of carbonyl (C=O) groups is 2. The Morgan fingerprint density at radius 1 is 1.14 bits per heavy atom. The van der Waals surface area contributed by atoms with Gasteiger partial charge in [-0.05, 0) is 37.1 Å². The third kappa shape index (κ3) is 4.64. The van der Waals surface area contributed by atoms with E-state index in [-0.39, 0.29) is 35.7 Å². The van der Waals surface area contributed by atoms with E-state index in [4.69, 9.17) is 14.7 Å². The summed E-state index contributed by atoms with van der Waals surface area (Å²) in [5.41, 5.74) is 2.32. The molecule has 9 nitrogen and oxygen atoms in total. The van der Waals surface area contributed by atoms with Crippen LogP contribution in [0.25, 0.3) is 11.3 Å². The van der Waals surface area contributed by atoms with Crippen LogP contribution in [0.2, 0.25) is 0 Å². The van der Waals surface area contributed by atoms with Crippen LogP contribution in [0.5, 0.6) is 0 Å². The van der Waals surface area contributed by atoms with Gasteiger partial charge in [0.15, 0.2) is 0 Å². The highest BCUT2D eigenvalue weighted by molar-refractivity contribution is 5.96. The molecule has 6 rings (SSSR count). The summed E-state index contributed by atoms with van der Waals surface area (Å²) < 4.78 is 19.2. The second kappa shape index (κ2) is 9.51. The summed E-state index contributed by atoms with van der Waals surface area (Å²) in [6.07, 6.45) is 5.11. The van der Waals surface area contributed by atoms with Crippen molar-refractivity contribution in [2.45, 2.75) is 37.8 Å². The number of hydrogen-bond donors (Lipinski definition) is 1. The molecule has 3 aliphatic rings. The molecule has 3 saturated heterocycles. The molecule has 0 saturated carbocycles. The molecule has 2 amide bonds. The van der Waals surface area contributed by atoms with Crippen molar-refractivity contribution in [2.75, 3.05) is 31.6 Å². The standard InChI is InChI=1S/C27H27FN6O3/c1-16(35)33-7-3-4-17(13-33)26-31-22(10-25(32-26)30-21-6-2-5-20(28)9-21)18-8-19(12-29-11-18)27(36)34-14-24-23(34)15-37-24/h2,5-6,8-12,17,23-24H,3-4,7,13-15H2,1H3,(H,30,31,32). The largest absolute Gasteiger partial charge is 0.372 e. The van der Waals surface area contributed by atoms with Crippen molar-refractivity contribution in [3.63, 3.8) is 0 Å². The molecule has 3 atom stereocenters. The molecule has 37 heavy (non-hydrogen) atoms. The van der Waals surface area contributed by atoms with Crippen LogP contribution in [-0.4, -0.2) is 75.0 Å². The first-order valence-corrected chi connectivity index (χ1v) is 12.5. The summed E-state index contributed by atoms with van der Waals surface area (Å²) in [4.78, 5) is 42.6. The van der Waals surface area contributed by atoms with E-state index in [2.05, 4.69) is 10.3 Å². The Labute approximate surface area is 213 Å². The first kappa shape index (κ1) is 23.5. The van der Waals surface area contributed by atoms with Gasteiger partial charge in [0.25, 0.3) is 5.91 Å². The van der Waals surface area contributed by atoms with Crippen molar-refractivity contribution in [2.24, 2.45) is 0 Å². The number of hydrogen-bond acceptors (Lipinski definition) is 7. The number of nitrogens with one attached hydrogen (secondary N) is 1. The lowest BCUT2D eigenvalue weighted by atomic mass is 9.93. The average Bonchev–Trinajstić information content (AvgIpc) is 2.90. The van der Waals surface area contributed by atoms with Gasteiger partial charge in [0.1, 0.15) is 17.5 Å². The molecule has 3 aromatic rings. The molecule has 0 bridgehead atoms. The summed E-state index contributed by atoms with van der Waals surface area (Å²) >= 11 is 0. The van der Waals surface area contributed by atoms with Gasteiger partial charge in [-0.3, -0.25) is 14.6 Å². The fourth-order valence-electron chi connectivity index (χ4n) is 5.12. The van der Waals surface area contributed by atoms with Crippen LogP contribution >= 0.6 is 0 Å². The number of halogens is 1. The normalized spacial score (nSPS) is 22.5. The highest BCUT2D eigenvalue weighted by atomic mass is 19.1. The topological polar surface area (TPSA) is 101 Å². The second-order valence-corrected chi connectivity index (χ2v) is 9.80. The van der Waals surface area contributed by atoms with Crippen molar-refractivity contribution < 1.29 is 18.7 Å². The smallest absolute Gasteiger partial charge is 0.255 e. The van der Waals surface area contributed by atoms with Crippen LogP contribution in [0.4, 0.5) is 15.9 Å². The van der Waals surface area contributed by atoms with E-state index < -0.39 is 0 Å². The van der Waals surface area contributed by atoms with Gasteiger partial charge < -0.3 is 19.9 Å². The number of piperidine rings is 1. The van der Waals surface area contributed by atoms with Gasteiger partial charge in [0, 0.05) is 62.2 Å². The Morgan fingerprint density at radius 3 is 2.76 bits per heavy atom. The maximum absolute atomic E-state index is 13.8.